The lowest BCUT2D eigenvalue weighted by molar-refractivity contribution is -0.137. The van der Waals surface area contributed by atoms with E-state index in [1.807, 2.05) is 30.0 Å². The molecule has 1 saturated heterocycles. The van der Waals surface area contributed by atoms with Crippen LogP contribution in [0.4, 0.5) is 0 Å². The molecule has 1 heterocycles. The molecular formula is C19H31ClN2O3. The molecule has 0 atom stereocenters. The van der Waals surface area contributed by atoms with Gasteiger partial charge >= 0.3 is 0 Å². The molecule has 1 N–H and O–H groups in total. The number of nitrogens with zero attached hydrogens (tertiary/aromatic N) is 1. The van der Waals surface area contributed by atoms with Crippen molar-refractivity contribution in [3.05, 3.63) is 23.8 Å². The van der Waals surface area contributed by atoms with Crippen LogP contribution in [0.3, 0.4) is 0 Å². The third-order valence-corrected chi connectivity index (χ3v) is 4.08. The van der Waals surface area contributed by atoms with Gasteiger partial charge in [-0.15, -0.1) is 12.4 Å². The number of ether oxygens (including phenoxy) is 2. The Morgan fingerprint density at radius 3 is 2.48 bits per heavy atom. The lowest BCUT2D eigenvalue weighted by Gasteiger charge is -2.32. The molecule has 0 spiro atoms. The Balaban J connectivity index is 0.00000312. The summed E-state index contributed by atoms with van der Waals surface area (Å²) in [5.41, 5.74) is 1.08. The van der Waals surface area contributed by atoms with Gasteiger partial charge in [0.2, 0.25) is 5.91 Å². The average molecular weight is 371 g/mol. The topological polar surface area (TPSA) is 50.8 Å². The summed E-state index contributed by atoms with van der Waals surface area (Å²) in [6.07, 6.45) is 1.92. The summed E-state index contributed by atoms with van der Waals surface area (Å²) >= 11 is 0. The van der Waals surface area contributed by atoms with Crippen LogP contribution in [0, 0.1) is 5.92 Å². The van der Waals surface area contributed by atoms with Crippen molar-refractivity contribution >= 4 is 18.3 Å². The highest BCUT2D eigenvalue weighted by Gasteiger charge is 2.29. The second-order valence-electron chi connectivity index (χ2n) is 6.18. The van der Waals surface area contributed by atoms with Gasteiger partial charge in [-0.05, 0) is 37.5 Å². The predicted octanol–water partition coefficient (Wildman–Crippen LogP) is 3.25. The molecule has 1 amide bonds. The number of hydrogen-bond acceptors (Lipinski definition) is 4. The van der Waals surface area contributed by atoms with E-state index in [0.29, 0.717) is 19.8 Å². The van der Waals surface area contributed by atoms with Gasteiger partial charge in [-0.2, -0.15) is 0 Å². The van der Waals surface area contributed by atoms with Crippen molar-refractivity contribution in [3.63, 3.8) is 0 Å². The van der Waals surface area contributed by atoms with E-state index in [4.69, 9.17) is 9.47 Å². The van der Waals surface area contributed by atoms with E-state index in [1.54, 1.807) is 0 Å². The molecule has 1 aliphatic heterocycles. The maximum absolute atomic E-state index is 12.6. The van der Waals surface area contributed by atoms with Crippen molar-refractivity contribution in [2.45, 2.75) is 40.2 Å². The first-order chi connectivity index (χ1) is 11.7. The maximum Gasteiger partial charge on any atom is 0.228 e. The van der Waals surface area contributed by atoms with Gasteiger partial charge in [-0.1, -0.05) is 19.9 Å². The van der Waals surface area contributed by atoms with Crippen LogP contribution in [0.15, 0.2) is 18.2 Å². The molecule has 0 saturated carbocycles. The van der Waals surface area contributed by atoms with E-state index < -0.39 is 0 Å². The van der Waals surface area contributed by atoms with Crippen molar-refractivity contribution in [2.24, 2.45) is 5.92 Å². The van der Waals surface area contributed by atoms with Crippen LogP contribution in [-0.2, 0) is 11.3 Å². The molecule has 0 aromatic heterocycles. The molecule has 5 nitrogen and oxygen atoms in total. The van der Waals surface area contributed by atoms with Gasteiger partial charge in [-0.3, -0.25) is 4.79 Å². The normalized spacial score (nSPS) is 13.6. The van der Waals surface area contributed by atoms with Gasteiger partial charge in [-0.25, -0.2) is 0 Å². The lowest BCUT2D eigenvalue weighted by atomic mass is 10.0. The highest BCUT2D eigenvalue weighted by molar-refractivity contribution is 5.85. The third kappa shape index (κ3) is 6.08. The molecule has 0 unspecified atom stereocenters. The number of amides is 1. The monoisotopic (exact) mass is 370 g/mol. The molecule has 2 rings (SSSR count). The van der Waals surface area contributed by atoms with Crippen LogP contribution in [0.2, 0.25) is 0 Å². The van der Waals surface area contributed by atoms with Crippen LogP contribution in [-0.4, -0.2) is 43.7 Å². The Morgan fingerprint density at radius 1 is 1.16 bits per heavy atom. The molecule has 1 aliphatic rings. The number of hydrogen-bond donors (Lipinski definition) is 1. The molecule has 142 valence electrons. The van der Waals surface area contributed by atoms with Crippen molar-refractivity contribution in [3.8, 4) is 11.5 Å². The van der Waals surface area contributed by atoms with E-state index >= 15 is 0 Å². The highest BCUT2D eigenvalue weighted by Crippen LogP contribution is 2.29. The fourth-order valence-corrected chi connectivity index (χ4v) is 2.73. The number of carbonyl (C=O) groups excluding carboxylic acids is 1. The lowest BCUT2D eigenvalue weighted by Crippen LogP contribution is -2.52. The summed E-state index contributed by atoms with van der Waals surface area (Å²) in [4.78, 5) is 14.5. The fourth-order valence-electron chi connectivity index (χ4n) is 2.73. The zero-order valence-electron chi connectivity index (χ0n) is 15.5. The number of carbonyl (C=O) groups is 1. The first-order valence-electron chi connectivity index (χ1n) is 9.07. The van der Waals surface area contributed by atoms with Crippen molar-refractivity contribution in [2.75, 3.05) is 32.8 Å². The molecule has 0 radical (unpaired) electrons. The molecular weight excluding hydrogens is 340 g/mol. The molecule has 25 heavy (non-hydrogen) atoms. The Morgan fingerprint density at radius 2 is 1.92 bits per heavy atom. The van der Waals surface area contributed by atoms with Gasteiger partial charge in [0.05, 0.1) is 19.1 Å². The van der Waals surface area contributed by atoms with Crippen LogP contribution in [0.25, 0.3) is 0 Å². The maximum atomic E-state index is 12.6. The van der Waals surface area contributed by atoms with Gasteiger partial charge in [0.15, 0.2) is 11.5 Å². The molecule has 0 aliphatic carbocycles. The fraction of sp³-hybridized carbons (Fsp3) is 0.632. The van der Waals surface area contributed by atoms with Gasteiger partial charge < -0.3 is 19.7 Å². The zero-order chi connectivity index (χ0) is 17.4. The molecule has 1 fully saturated rings. The standard InChI is InChI=1S/C19H30N2O3.ClH/c1-4-9-21(19(22)16-12-20-13-16)14-15-7-8-17(24-10-5-2)18(11-15)23-6-3;/h7-8,11,16,20H,4-6,9-10,12-14H2,1-3H3;1H. The quantitative estimate of drug-likeness (QED) is 0.686. The van der Waals surface area contributed by atoms with E-state index in [-0.39, 0.29) is 24.2 Å². The van der Waals surface area contributed by atoms with E-state index in [9.17, 15) is 4.79 Å². The van der Waals surface area contributed by atoms with E-state index in [0.717, 1.165) is 49.5 Å². The summed E-state index contributed by atoms with van der Waals surface area (Å²) in [7, 11) is 0. The van der Waals surface area contributed by atoms with Crippen LogP contribution < -0.4 is 14.8 Å². The Labute approximate surface area is 157 Å². The smallest absolute Gasteiger partial charge is 0.228 e. The highest BCUT2D eigenvalue weighted by atomic mass is 35.5. The largest absolute Gasteiger partial charge is 0.490 e. The number of rotatable bonds is 10. The predicted molar refractivity (Wildman–Crippen MR) is 103 cm³/mol. The number of halogens is 1. The SMILES string of the molecule is CCCOc1ccc(CN(CCC)C(=O)C2CNC2)cc1OCC.Cl. The van der Waals surface area contributed by atoms with Crippen molar-refractivity contribution in [1.29, 1.82) is 0 Å². The van der Waals surface area contributed by atoms with E-state index in [2.05, 4.69) is 19.2 Å². The average Bonchev–Trinajstić information content (AvgIpc) is 2.52. The van der Waals surface area contributed by atoms with Crippen molar-refractivity contribution < 1.29 is 14.3 Å². The summed E-state index contributed by atoms with van der Waals surface area (Å²) < 4.78 is 11.5. The first-order valence-corrected chi connectivity index (χ1v) is 9.07. The van der Waals surface area contributed by atoms with Crippen LogP contribution >= 0.6 is 12.4 Å². The van der Waals surface area contributed by atoms with Gasteiger partial charge in [0.1, 0.15) is 0 Å². The summed E-state index contributed by atoms with van der Waals surface area (Å²) in [6.45, 7) is 10.4. The minimum Gasteiger partial charge on any atom is -0.490 e. The van der Waals surface area contributed by atoms with Crippen molar-refractivity contribution in [1.82, 2.24) is 10.2 Å². The van der Waals surface area contributed by atoms with Gasteiger partial charge in [0.25, 0.3) is 0 Å². The Bertz CT molecular complexity index is 535. The van der Waals surface area contributed by atoms with Crippen LogP contribution in [0.5, 0.6) is 11.5 Å². The number of nitrogens with one attached hydrogen (secondary N) is 1. The first kappa shape index (κ1) is 21.6. The summed E-state index contributed by atoms with van der Waals surface area (Å²) in [5, 5.41) is 3.17. The minimum atomic E-state index is 0. The minimum absolute atomic E-state index is 0. The second kappa shape index (κ2) is 11.2. The van der Waals surface area contributed by atoms with Crippen LogP contribution in [0.1, 0.15) is 39.2 Å². The number of benzene rings is 1. The summed E-state index contributed by atoms with van der Waals surface area (Å²) in [6, 6.07) is 5.99. The summed E-state index contributed by atoms with van der Waals surface area (Å²) in [5.74, 6) is 1.92. The van der Waals surface area contributed by atoms with E-state index in [1.165, 1.54) is 0 Å². The third-order valence-electron chi connectivity index (χ3n) is 4.08. The molecule has 1 aromatic rings. The van der Waals surface area contributed by atoms with Gasteiger partial charge in [0, 0.05) is 26.2 Å². The molecule has 6 heteroatoms. The Kier molecular flexibility index (Phi) is 9.68. The Hall–Kier alpha value is -1.46. The second-order valence-corrected chi connectivity index (χ2v) is 6.18. The molecule has 1 aromatic carbocycles. The zero-order valence-corrected chi connectivity index (χ0v) is 16.4. The molecule has 0 bridgehead atoms.